The molecule has 1 aromatic heterocycles. The third kappa shape index (κ3) is 4.23. The summed E-state index contributed by atoms with van der Waals surface area (Å²) in [5, 5.41) is 20.1. The van der Waals surface area contributed by atoms with Gasteiger partial charge in [-0.3, -0.25) is 24.6 Å². The lowest BCUT2D eigenvalue weighted by atomic mass is 10.1. The molecule has 1 fully saturated rings. The summed E-state index contributed by atoms with van der Waals surface area (Å²) in [6, 6.07) is 14.3. The molecule has 9 nitrogen and oxygen atoms in total. The van der Waals surface area contributed by atoms with Gasteiger partial charge in [0.15, 0.2) is 0 Å². The van der Waals surface area contributed by atoms with E-state index in [9.17, 15) is 29.6 Å². The predicted molar refractivity (Wildman–Crippen MR) is 127 cm³/mol. The molecule has 4 rings (SSSR count). The number of carboxylic acid groups (broad SMARTS) is 1. The van der Waals surface area contributed by atoms with E-state index in [4.69, 9.17) is 0 Å². The van der Waals surface area contributed by atoms with E-state index in [0.717, 1.165) is 28.0 Å². The predicted octanol–water partition coefficient (Wildman–Crippen LogP) is 4.94. The van der Waals surface area contributed by atoms with Crippen molar-refractivity contribution in [3.8, 4) is 5.69 Å². The van der Waals surface area contributed by atoms with E-state index in [1.165, 1.54) is 24.3 Å². The minimum Gasteiger partial charge on any atom is -0.478 e. The first-order chi connectivity index (χ1) is 16.2. The van der Waals surface area contributed by atoms with Crippen molar-refractivity contribution in [2.24, 2.45) is 0 Å². The zero-order chi connectivity index (χ0) is 24.6. The molecule has 34 heavy (non-hydrogen) atoms. The lowest BCUT2D eigenvalue weighted by molar-refractivity contribution is -0.384. The number of para-hydroxylation sites is 1. The smallest absolute Gasteiger partial charge is 0.337 e. The number of nitro benzene ring substituents is 1. The number of carbonyl (C=O) groups excluding carboxylic acids is 2. The van der Waals surface area contributed by atoms with Crippen molar-refractivity contribution in [2.75, 3.05) is 0 Å². The van der Waals surface area contributed by atoms with Crippen LogP contribution in [0.25, 0.3) is 11.8 Å². The molecule has 0 unspecified atom stereocenters. The number of nitrogens with zero attached hydrogens (tertiary/aromatic N) is 3. The Morgan fingerprint density at radius 3 is 2.56 bits per heavy atom. The van der Waals surface area contributed by atoms with E-state index in [1.807, 2.05) is 19.9 Å². The van der Waals surface area contributed by atoms with Crippen molar-refractivity contribution in [3.05, 3.63) is 97.7 Å². The molecule has 3 aromatic rings. The topological polar surface area (TPSA) is 123 Å². The highest BCUT2D eigenvalue weighted by Crippen LogP contribution is 2.35. The Balaban J connectivity index is 1.65. The maximum absolute atomic E-state index is 13.0. The Bertz CT molecular complexity index is 1390. The van der Waals surface area contributed by atoms with E-state index in [1.54, 1.807) is 34.9 Å². The lowest BCUT2D eigenvalue weighted by Gasteiger charge is -2.13. The average molecular weight is 477 g/mol. The van der Waals surface area contributed by atoms with E-state index in [-0.39, 0.29) is 22.7 Å². The van der Waals surface area contributed by atoms with E-state index in [2.05, 4.69) is 0 Å². The van der Waals surface area contributed by atoms with Crippen LogP contribution in [0.2, 0.25) is 0 Å². The molecule has 0 saturated carbocycles. The third-order valence-corrected chi connectivity index (χ3v) is 6.38. The van der Waals surface area contributed by atoms with Gasteiger partial charge in [0.05, 0.1) is 27.6 Å². The Morgan fingerprint density at radius 2 is 1.85 bits per heavy atom. The van der Waals surface area contributed by atoms with Crippen LogP contribution in [-0.4, -0.2) is 36.6 Å². The molecule has 0 atom stereocenters. The Hall–Kier alpha value is -4.18. The molecule has 1 aliphatic rings. The number of benzene rings is 2. The molecule has 10 heteroatoms. The molecular formula is C24H19N3O6S. The third-order valence-electron chi connectivity index (χ3n) is 5.47. The number of amides is 2. The quantitative estimate of drug-likeness (QED) is 0.303. The van der Waals surface area contributed by atoms with Crippen LogP contribution in [0.1, 0.15) is 32.9 Å². The van der Waals surface area contributed by atoms with Gasteiger partial charge in [0.2, 0.25) is 0 Å². The van der Waals surface area contributed by atoms with Gasteiger partial charge in [-0.2, -0.15) is 0 Å². The van der Waals surface area contributed by atoms with Gasteiger partial charge in [0, 0.05) is 23.5 Å². The molecular weight excluding hydrogens is 458 g/mol. The molecule has 172 valence electrons. The first kappa shape index (κ1) is 23.0. The number of nitro groups is 1. The van der Waals surface area contributed by atoms with Crippen molar-refractivity contribution in [2.45, 2.75) is 20.4 Å². The van der Waals surface area contributed by atoms with Gasteiger partial charge < -0.3 is 9.67 Å². The number of aromatic nitrogens is 1. The number of hydrogen-bond acceptors (Lipinski definition) is 6. The van der Waals surface area contributed by atoms with Crippen molar-refractivity contribution >= 4 is 40.6 Å². The van der Waals surface area contributed by atoms with E-state index in [0.29, 0.717) is 16.8 Å². The summed E-state index contributed by atoms with van der Waals surface area (Å²) in [5.74, 6) is -1.54. The number of carbonyl (C=O) groups is 3. The molecule has 1 saturated heterocycles. The van der Waals surface area contributed by atoms with Crippen LogP contribution in [0.5, 0.6) is 0 Å². The average Bonchev–Trinajstić information content (AvgIpc) is 3.23. The summed E-state index contributed by atoms with van der Waals surface area (Å²) < 4.78 is 1.79. The van der Waals surface area contributed by atoms with Gasteiger partial charge in [0.25, 0.3) is 16.8 Å². The first-order valence-electron chi connectivity index (χ1n) is 10.2. The van der Waals surface area contributed by atoms with Crippen molar-refractivity contribution < 1.29 is 24.4 Å². The summed E-state index contributed by atoms with van der Waals surface area (Å²) in [7, 11) is 0. The second-order valence-electron chi connectivity index (χ2n) is 7.68. The van der Waals surface area contributed by atoms with Gasteiger partial charge >= 0.3 is 5.97 Å². The molecule has 2 heterocycles. The number of thioether (sulfide) groups is 1. The van der Waals surface area contributed by atoms with Gasteiger partial charge in [-0.05, 0) is 61.0 Å². The number of rotatable bonds is 6. The molecule has 0 radical (unpaired) electrons. The summed E-state index contributed by atoms with van der Waals surface area (Å²) in [4.78, 5) is 48.9. The molecule has 0 bridgehead atoms. The minimum atomic E-state index is -1.05. The van der Waals surface area contributed by atoms with Crippen molar-refractivity contribution in [3.63, 3.8) is 0 Å². The van der Waals surface area contributed by atoms with Crippen LogP contribution in [0.15, 0.2) is 59.5 Å². The van der Waals surface area contributed by atoms with Crippen LogP contribution in [-0.2, 0) is 11.3 Å². The fourth-order valence-electron chi connectivity index (χ4n) is 3.88. The largest absolute Gasteiger partial charge is 0.478 e. The summed E-state index contributed by atoms with van der Waals surface area (Å²) in [6.07, 6.45) is 1.61. The van der Waals surface area contributed by atoms with Crippen molar-refractivity contribution in [1.29, 1.82) is 0 Å². The monoisotopic (exact) mass is 477 g/mol. The van der Waals surface area contributed by atoms with Crippen LogP contribution < -0.4 is 0 Å². The Kier molecular flexibility index (Phi) is 6.08. The number of carboxylic acids is 1. The molecule has 0 spiro atoms. The van der Waals surface area contributed by atoms with Crippen LogP contribution in [0.4, 0.5) is 10.5 Å². The van der Waals surface area contributed by atoms with Crippen LogP contribution in [0, 0.1) is 24.0 Å². The summed E-state index contributed by atoms with van der Waals surface area (Å²) in [6.45, 7) is 3.57. The lowest BCUT2D eigenvalue weighted by Crippen LogP contribution is -2.27. The highest BCUT2D eigenvalue weighted by Gasteiger charge is 2.35. The number of hydrogen-bond donors (Lipinski definition) is 1. The summed E-state index contributed by atoms with van der Waals surface area (Å²) in [5.41, 5.74) is 3.18. The van der Waals surface area contributed by atoms with Crippen molar-refractivity contribution in [1.82, 2.24) is 9.47 Å². The van der Waals surface area contributed by atoms with E-state index < -0.39 is 22.0 Å². The van der Waals surface area contributed by atoms with Crippen LogP contribution in [0.3, 0.4) is 0 Å². The standard InChI is InChI=1S/C24H19N3O6S/c1-14-10-17(15(2)26(14)20-9-4-3-8-19(20)23(29)30)12-21-22(28)25(24(31)34-21)13-16-6-5-7-18(11-16)27(32)33/h3-12H,13H2,1-2H3,(H,29,30)/b21-12-. The Labute approximate surface area is 198 Å². The summed E-state index contributed by atoms with van der Waals surface area (Å²) >= 11 is 0.795. The fourth-order valence-corrected chi connectivity index (χ4v) is 4.71. The second kappa shape index (κ2) is 8.99. The van der Waals surface area contributed by atoms with Gasteiger partial charge in [-0.15, -0.1) is 0 Å². The number of aryl methyl sites for hydroxylation is 1. The van der Waals surface area contributed by atoms with Gasteiger partial charge in [0.1, 0.15) is 0 Å². The number of imide groups is 1. The number of non-ortho nitro benzene ring substituents is 1. The highest BCUT2D eigenvalue weighted by molar-refractivity contribution is 8.18. The second-order valence-corrected chi connectivity index (χ2v) is 8.67. The first-order valence-corrected chi connectivity index (χ1v) is 11.0. The van der Waals surface area contributed by atoms with Gasteiger partial charge in [-0.1, -0.05) is 24.3 Å². The Morgan fingerprint density at radius 1 is 1.12 bits per heavy atom. The zero-order valence-electron chi connectivity index (χ0n) is 18.2. The van der Waals surface area contributed by atoms with Gasteiger partial charge in [-0.25, -0.2) is 4.79 Å². The highest BCUT2D eigenvalue weighted by atomic mass is 32.2. The minimum absolute atomic E-state index is 0.0747. The molecule has 0 aliphatic carbocycles. The molecule has 1 aliphatic heterocycles. The molecule has 2 aromatic carbocycles. The fraction of sp³-hybridized carbons (Fsp3) is 0.125. The van der Waals surface area contributed by atoms with Crippen LogP contribution >= 0.6 is 11.8 Å². The SMILES string of the molecule is Cc1cc(/C=C2\SC(=O)N(Cc3cccc([N+](=O)[O-])c3)C2=O)c(C)n1-c1ccccc1C(=O)O. The number of aromatic carboxylic acids is 1. The maximum atomic E-state index is 13.0. The zero-order valence-corrected chi connectivity index (χ0v) is 19.0. The normalized spacial score (nSPS) is 14.8. The molecule has 1 N–H and O–H groups in total. The molecule has 2 amide bonds. The maximum Gasteiger partial charge on any atom is 0.337 e. The van der Waals surface area contributed by atoms with E-state index >= 15 is 0 Å².